The lowest BCUT2D eigenvalue weighted by atomic mass is 9.66. The first-order chi connectivity index (χ1) is 28.8. The first-order valence-corrected chi connectivity index (χ1v) is 25.5. The van der Waals surface area contributed by atoms with Crippen LogP contribution in [0.5, 0.6) is 0 Å². The Morgan fingerprint density at radius 3 is 1.84 bits per heavy atom. The second kappa shape index (κ2) is 22.3. The molecule has 0 bridgehead atoms. The van der Waals surface area contributed by atoms with Gasteiger partial charge in [-0.1, -0.05) is 32.5 Å². The summed E-state index contributed by atoms with van der Waals surface area (Å²) in [6.45, 7) is 15.7. The molecule has 2 heterocycles. The zero-order chi connectivity index (χ0) is 45.1. The van der Waals surface area contributed by atoms with Crippen LogP contribution >= 0.6 is 19.3 Å². The molecular formula is C40H57N4O14PSSi. The van der Waals surface area contributed by atoms with E-state index < -0.39 is 61.8 Å². The van der Waals surface area contributed by atoms with E-state index in [1.165, 1.54) is 58.3 Å². The minimum absolute atomic E-state index is 0.0454. The molecule has 4 rings (SSSR count). The second-order valence-corrected chi connectivity index (χ2v) is 21.7. The number of nitro benzene ring substituents is 2. The van der Waals surface area contributed by atoms with Gasteiger partial charge < -0.3 is 32.4 Å². The molecule has 336 valence electrons. The largest absolute Gasteiger partial charge is 0.456 e. The third-order valence-electron chi connectivity index (χ3n) is 10.1. The van der Waals surface area contributed by atoms with Crippen LogP contribution in [0.25, 0.3) is 0 Å². The first kappa shape index (κ1) is 49.5. The second-order valence-electron chi connectivity index (χ2n) is 15.8. The number of esters is 1. The van der Waals surface area contributed by atoms with Gasteiger partial charge in [-0.25, -0.2) is 9.59 Å². The van der Waals surface area contributed by atoms with Crippen LogP contribution in [0, 0.1) is 37.5 Å². The smallest absolute Gasteiger partial charge is 0.410 e. The molecule has 0 N–H and O–H groups in total. The molecule has 2 amide bonds. The van der Waals surface area contributed by atoms with Crippen molar-refractivity contribution in [1.29, 1.82) is 0 Å². The number of amides is 2. The standard InChI is InChI=1S/C40H57N4O14PSSi/c1-9-55-59(56-10-2,57-11-3)37(38(47)53-24-27-12-16-29(17-13-27)43(49)50)42-33(35(36(42)46)32(40(4,5)6)26-58-61(7)8)22-34(45)60-31-20-21-41(23-31)39(48)54-25-28-14-18-30(19-15-28)44(51)52/h12-19,31-33,35,61H,9-11,20-26H2,1-8H3/t31-,32+,33+,35-/m0/s1. The van der Waals surface area contributed by atoms with Crippen molar-refractivity contribution in [3.63, 3.8) is 0 Å². The topological polar surface area (TPSA) is 216 Å². The summed E-state index contributed by atoms with van der Waals surface area (Å²) in [6.07, 6.45) is -0.254. The zero-order valence-corrected chi connectivity index (χ0v) is 38.8. The average Bonchev–Trinajstić information content (AvgIpc) is 3.67. The molecule has 0 aliphatic carbocycles. The van der Waals surface area contributed by atoms with Gasteiger partial charge >= 0.3 is 12.1 Å². The predicted molar refractivity (Wildman–Crippen MR) is 232 cm³/mol. The number of ether oxygens (including phenoxy) is 2. The lowest BCUT2D eigenvalue weighted by molar-refractivity contribution is -0.385. The summed E-state index contributed by atoms with van der Waals surface area (Å²) in [6, 6.07) is 10.3. The highest BCUT2D eigenvalue weighted by Gasteiger charge is 2.59. The number of non-ortho nitro benzene ring substituents is 2. The molecule has 2 aliphatic rings. The summed E-state index contributed by atoms with van der Waals surface area (Å²) in [5.41, 5.74) is 0.0741. The maximum absolute atomic E-state index is 14.8. The first-order valence-electron chi connectivity index (χ1n) is 20.2. The van der Waals surface area contributed by atoms with E-state index in [1.54, 1.807) is 20.8 Å². The molecule has 0 spiro atoms. The van der Waals surface area contributed by atoms with Gasteiger partial charge in [-0.3, -0.25) is 34.7 Å². The molecule has 2 aliphatic heterocycles. The van der Waals surface area contributed by atoms with E-state index in [-0.39, 0.29) is 85.7 Å². The third kappa shape index (κ3) is 12.9. The minimum atomic E-state index is -3.83. The highest BCUT2D eigenvalue weighted by Crippen LogP contribution is 2.56. The molecule has 61 heavy (non-hydrogen) atoms. The van der Waals surface area contributed by atoms with Gasteiger partial charge in [0.15, 0.2) is 14.2 Å². The molecule has 0 radical (unpaired) electrons. The van der Waals surface area contributed by atoms with Crippen molar-refractivity contribution < 1.29 is 56.5 Å². The van der Waals surface area contributed by atoms with E-state index in [0.29, 0.717) is 24.1 Å². The van der Waals surface area contributed by atoms with Crippen LogP contribution in [-0.2, 0) is 55.1 Å². The van der Waals surface area contributed by atoms with Gasteiger partial charge in [0.2, 0.25) is 11.3 Å². The molecule has 0 unspecified atom stereocenters. The van der Waals surface area contributed by atoms with Gasteiger partial charge in [0.1, 0.15) is 13.2 Å². The van der Waals surface area contributed by atoms with Gasteiger partial charge in [-0.2, -0.15) is 0 Å². The Morgan fingerprint density at radius 2 is 1.38 bits per heavy atom. The van der Waals surface area contributed by atoms with Crippen LogP contribution in [0.2, 0.25) is 13.1 Å². The molecule has 2 aromatic carbocycles. The van der Waals surface area contributed by atoms with Crippen molar-refractivity contribution in [3.8, 4) is 0 Å². The zero-order valence-electron chi connectivity index (χ0n) is 35.9. The monoisotopic (exact) mass is 908 g/mol. The minimum Gasteiger partial charge on any atom is -0.456 e. The Morgan fingerprint density at radius 1 is 0.869 bits per heavy atom. The summed E-state index contributed by atoms with van der Waals surface area (Å²) in [4.78, 5) is 80.3. The summed E-state index contributed by atoms with van der Waals surface area (Å²) >= 11 is 1.06. The molecular weight excluding hydrogens is 852 g/mol. The Balaban J connectivity index is 1.64. The molecule has 0 aromatic heterocycles. The number of nitrogens with zero attached hydrogens (tertiary/aromatic N) is 4. The summed E-state index contributed by atoms with van der Waals surface area (Å²) < 4.78 is 36.0. The number of nitro groups is 2. The molecule has 2 fully saturated rings. The summed E-state index contributed by atoms with van der Waals surface area (Å²) in [5.74, 6) is -2.52. The van der Waals surface area contributed by atoms with Crippen molar-refractivity contribution in [2.45, 2.75) is 92.0 Å². The van der Waals surface area contributed by atoms with Gasteiger partial charge in [-0.15, -0.1) is 0 Å². The van der Waals surface area contributed by atoms with Crippen LogP contribution in [0.1, 0.15) is 65.5 Å². The number of benzene rings is 2. The maximum atomic E-state index is 14.8. The lowest BCUT2D eigenvalue weighted by Gasteiger charge is -2.53. The van der Waals surface area contributed by atoms with Crippen LogP contribution < -0.4 is 0 Å². The quantitative estimate of drug-likeness (QED) is 0.0305. The molecule has 0 saturated carbocycles. The van der Waals surface area contributed by atoms with Crippen LogP contribution in [0.15, 0.2) is 48.5 Å². The predicted octanol–water partition coefficient (Wildman–Crippen LogP) is 7.10. The number of hydrogen-bond donors (Lipinski definition) is 0. The number of rotatable bonds is 21. The van der Waals surface area contributed by atoms with E-state index in [2.05, 4.69) is 0 Å². The fourth-order valence-corrected chi connectivity index (χ4v) is 11.2. The van der Waals surface area contributed by atoms with Crippen molar-refractivity contribution in [2.75, 3.05) is 39.5 Å². The van der Waals surface area contributed by atoms with Crippen molar-refractivity contribution >= 4 is 68.2 Å². The number of carbonyl (C=O) groups excluding carboxylic acids is 4. The van der Waals surface area contributed by atoms with Crippen molar-refractivity contribution in [1.82, 2.24) is 9.80 Å². The Bertz CT molecular complexity index is 1920. The van der Waals surface area contributed by atoms with Crippen LogP contribution in [0.3, 0.4) is 0 Å². The summed E-state index contributed by atoms with van der Waals surface area (Å²) in [7, 11) is -5.38. The van der Waals surface area contributed by atoms with Crippen molar-refractivity contribution in [2.24, 2.45) is 17.3 Å². The Hall–Kier alpha value is -4.17. The number of hydrogen-bond acceptors (Lipinski definition) is 15. The van der Waals surface area contributed by atoms with Gasteiger partial charge in [-0.05, 0) is 87.0 Å². The normalized spacial score (nSPS) is 18.4. The van der Waals surface area contributed by atoms with E-state index in [1.807, 2.05) is 33.9 Å². The number of likely N-dealkylation sites (tertiary alicyclic amines) is 2. The maximum Gasteiger partial charge on any atom is 0.410 e. The fourth-order valence-electron chi connectivity index (χ4n) is 7.10. The molecule has 4 atom stereocenters. The number of thioether (sulfide) groups is 1. The highest BCUT2D eigenvalue weighted by atomic mass is 32.2. The number of β-lactam (4-membered cyclic amide) rings is 1. The van der Waals surface area contributed by atoms with Crippen LogP contribution in [0.4, 0.5) is 16.2 Å². The van der Waals surface area contributed by atoms with E-state index in [0.717, 1.165) is 11.8 Å². The van der Waals surface area contributed by atoms with E-state index in [9.17, 15) is 39.4 Å². The Labute approximate surface area is 362 Å². The molecule has 2 saturated heterocycles. The average molecular weight is 909 g/mol. The number of carbonyl (C=O) groups is 4. The van der Waals surface area contributed by atoms with Gasteiger partial charge in [0.25, 0.3) is 18.9 Å². The van der Waals surface area contributed by atoms with Gasteiger partial charge in [0, 0.05) is 55.6 Å². The lowest BCUT2D eigenvalue weighted by Crippen LogP contribution is -2.68. The van der Waals surface area contributed by atoms with E-state index >= 15 is 0 Å². The third-order valence-corrected chi connectivity index (χ3v) is 14.8. The summed E-state index contributed by atoms with van der Waals surface area (Å²) in [5, 5.41) is 21.7. The SMILES string of the molecule is CCOP(OCC)(OCC)=C(C(=O)OCc1ccc([N+](=O)[O-])cc1)N1C(=O)[C@@H]([C@@H](CO[SiH](C)C)C(C)(C)C)[C@H]1CC(=O)S[C@H]1CCN(C(=O)OCc2ccc([N+](=O)[O-])cc2)C1. The highest BCUT2D eigenvalue weighted by molar-refractivity contribution is 8.14. The fraction of sp³-hybridized carbons (Fsp3) is 0.575. The molecule has 21 heteroatoms. The molecule has 18 nitrogen and oxygen atoms in total. The van der Waals surface area contributed by atoms with Crippen LogP contribution in [-0.4, -0.2) is 108 Å². The van der Waals surface area contributed by atoms with Crippen molar-refractivity contribution in [3.05, 3.63) is 79.9 Å². The van der Waals surface area contributed by atoms with Gasteiger partial charge in [0.05, 0.1) is 41.6 Å². The van der Waals surface area contributed by atoms with E-state index in [4.69, 9.17) is 27.5 Å². The Kier molecular flexibility index (Phi) is 18.1. The molecule has 2 aromatic rings.